The van der Waals surface area contributed by atoms with Crippen LogP contribution in [0.2, 0.25) is 0 Å². The molecule has 0 spiro atoms. The highest BCUT2D eigenvalue weighted by Crippen LogP contribution is 2.13. The number of furan rings is 1. The molecule has 0 aliphatic carbocycles. The second-order valence-electron chi connectivity index (χ2n) is 5.83. The Morgan fingerprint density at radius 3 is 2.52 bits per heavy atom. The van der Waals surface area contributed by atoms with Crippen LogP contribution in [0.3, 0.4) is 0 Å². The average Bonchev–Trinajstić information content (AvgIpc) is 3.12. The lowest BCUT2D eigenvalue weighted by atomic mass is 10.1. The van der Waals surface area contributed by atoms with Crippen molar-refractivity contribution in [2.75, 3.05) is 6.54 Å². The number of carbonyl (C=O) groups excluding carboxylic acids is 1. The number of nitrogens with zero attached hydrogens (tertiary/aromatic N) is 2. The summed E-state index contributed by atoms with van der Waals surface area (Å²) in [5, 5.41) is 0. The van der Waals surface area contributed by atoms with Crippen molar-refractivity contribution in [3.63, 3.8) is 0 Å². The van der Waals surface area contributed by atoms with Crippen LogP contribution in [0.5, 0.6) is 0 Å². The summed E-state index contributed by atoms with van der Waals surface area (Å²) in [6.07, 6.45) is 12.3. The lowest BCUT2D eigenvalue weighted by Crippen LogP contribution is -2.31. The molecule has 23 heavy (non-hydrogen) atoms. The zero-order valence-electron chi connectivity index (χ0n) is 13.9. The normalized spacial score (nSPS) is 10.7. The van der Waals surface area contributed by atoms with Crippen LogP contribution in [0.25, 0.3) is 0 Å². The molecular formula is C19H26N2O2. The van der Waals surface area contributed by atoms with E-state index in [-0.39, 0.29) is 5.91 Å². The predicted octanol–water partition coefficient (Wildman–Crippen LogP) is 4.68. The molecule has 0 aromatic carbocycles. The summed E-state index contributed by atoms with van der Waals surface area (Å²) in [6, 6.07) is 7.37. The molecule has 1 amide bonds. The van der Waals surface area contributed by atoms with Gasteiger partial charge in [0.15, 0.2) is 5.76 Å². The van der Waals surface area contributed by atoms with E-state index in [2.05, 4.69) is 11.9 Å². The quantitative estimate of drug-likeness (QED) is 0.598. The number of hydrogen-bond donors (Lipinski definition) is 0. The van der Waals surface area contributed by atoms with Crippen molar-refractivity contribution in [3.05, 3.63) is 54.2 Å². The first-order chi connectivity index (χ1) is 11.3. The molecule has 4 heteroatoms. The number of carbonyl (C=O) groups is 1. The van der Waals surface area contributed by atoms with E-state index in [1.54, 1.807) is 30.8 Å². The van der Waals surface area contributed by atoms with Crippen molar-refractivity contribution in [1.29, 1.82) is 0 Å². The molecule has 124 valence electrons. The largest absolute Gasteiger partial charge is 0.459 e. The molecule has 2 rings (SSSR count). The number of amides is 1. The maximum absolute atomic E-state index is 12.6. The molecule has 0 N–H and O–H groups in total. The standard InChI is InChI=1S/C19H26N2O2/c1-2-3-4-5-6-7-14-21(16-17-10-12-20-13-11-17)19(22)18-9-8-15-23-18/h8-13,15H,2-7,14,16H2,1H3. The minimum Gasteiger partial charge on any atom is -0.459 e. The zero-order chi connectivity index (χ0) is 16.3. The summed E-state index contributed by atoms with van der Waals surface area (Å²) in [5.41, 5.74) is 1.09. The Balaban J connectivity index is 1.90. The van der Waals surface area contributed by atoms with Crippen molar-refractivity contribution >= 4 is 5.91 Å². The van der Waals surface area contributed by atoms with E-state index >= 15 is 0 Å². The Morgan fingerprint density at radius 1 is 1.09 bits per heavy atom. The highest BCUT2D eigenvalue weighted by Gasteiger charge is 2.18. The summed E-state index contributed by atoms with van der Waals surface area (Å²) in [7, 11) is 0. The third-order valence-corrected chi connectivity index (χ3v) is 3.92. The number of hydrogen-bond acceptors (Lipinski definition) is 3. The molecule has 2 aromatic heterocycles. The smallest absolute Gasteiger partial charge is 0.289 e. The molecule has 0 saturated heterocycles. The van der Waals surface area contributed by atoms with Gasteiger partial charge in [0.25, 0.3) is 5.91 Å². The molecular weight excluding hydrogens is 288 g/mol. The summed E-state index contributed by atoms with van der Waals surface area (Å²) in [5.74, 6) is 0.366. The molecule has 0 unspecified atom stereocenters. The Hall–Kier alpha value is -2.10. The Bertz CT molecular complexity index is 552. The molecule has 4 nitrogen and oxygen atoms in total. The van der Waals surface area contributed by atoms with Gasteiger partial charge in [0, 0.05) is 25.5 Å². The van der Waals surface area contributed by atoms with Crippen LogP contribution in [0, 0.1) is 0 Å². The number of pyridine rings is 1. The molecule has 0 fully saturated rings. The Kier molecular flexibility index (Phi) is 7.37. The van der Waals surface area contributed by atoms with E-state index in [1.807, 2.05) is 17.0 Å². The predicted molar refractivity (Wildman–Crippen MR) is 91.1 cm³/mol. The molecule has 2 heterocycles. The van der Waals surface area contributed by atoms with Gasteiger partial charge in [0.05, 0.1) is 6.26 Å². The van der Waals surface area contributed by atoms with Crippen LogP contribution in [-0.4, -0.2) is 22.3 Å². The lowest BCUT2D eigenvalue weighted by molar-refractivity contribution is 0.0707. The maximum Gasteiger partial charge on any atom is 0.289 e. The number of rotatable bonds is 10. The second-order valence-corrected chi connectivity index (χ2v) is 5.83. The lowest BCUT2D eigenvalue weighted by Gasteiger charge is -2.21. The minimum atomic E-state index is -0.0413. The first kappa shape index (κ1) is 17.3. The third kappa shape index (κ3) is 5.89. The van der Waals surface area contributed by atoms with Gasteiger partial charge in [-0.1, -0.05) is 39.0 Å². The van der Waals surface area contributed by atoms with Gasteiger partial charge in [0.1, 0.15) is 0 Å². The molecule has 0 atom stereocenters. The van der Waals surface area contributed by atoms with Gasteiger partial charge in [-0.05, 0) is 36.2 Å². The fourth-order valence-corrected chi connectivity index (χ4v) is 2.60. The van der Waals surface area contributed by atoms with Crippen LogP contribution in [-0.2, 0) is 6.54 Å². The van der Waals surface area contributed by atoms with Crippen LogP contribution in [0.4, 0.5) is 0 Å². The Morgan fingerprint density at radius 2 is 1.83 bits per heavy atom. The van der Waals surface area contributed by atoms with Crippen LogP contribution >= 0.6 is 0 Å². The van der Waals surface area contributed by atoms with E-state index in [0.29, 0.717) is 12.3 Å². The van der Waals surface area contributed by atoms with Gasteiger partial charge in [-0.3, -0.25) is 9.78 Å². The van der Waals surface area contributed by atoms with Gasteiger partial charge in [-0.25, -0.2) is 0 Å². The third-order valence-electron chi connectivity index (χ3n) is 3.92. The maximum atomic E-state index is 12.6. The number of aromatic nitrogens is 1. The molecule has 0 bridgehead atoms. The molecule has 2 aromatic rings. The van der Waals surface area contributed by atoms with Gasteiger partial charge in [-0.2, -0.15) is 0 Å². The van der Waals surface area contributed by atoms with Crippen molar-refractivity contribution < 1.29 is 9.21 Å². The van der Waals surface area contributed by atoms with E-state index in [1.165, 1.54) is 25.7 Å². The number of unbranched alkanes of at least 4 members (excludes halogenated alkanes) is 5. The van der Waals surface area contributed by atoms with E-state index in [0.717, 1.165) is 24.9 Å². The highest BCUT2D eigenvalue weighted by molar-refractivity contribution is 5.91. The molecule has 0 saturated carbocycles. The van der Waals surface area contributed by atoms with Crippen molar-refractivity contribution in [2.45, 2.75) is 52.0 Å². The monoisotopic (exact) mass is 314 g/mol. The average molecular weight is 314 g/mol. The van der Waals surface area contributed by atoms with Gasteiger partial charge in [0.2, 0.25) is 0 Å². The first-order valence-corrected chi connectivity index (χ1v) is 8.53. The second kappa shape index (κ2) is 9.82. The molecule has 0 aliphatic rings. The van der Waals surface area contributed by atoms with E-state index in [9.17, 15) is 4.79 Å². The van der Waals surface area contributed by atoms with Crippen LogP contribution in [0.15, 0.2) is 47.3 Å². The minimum absolute atomic E-state index is 0.0413. The van der Waals surface area contributed by atoms with Crippen molar-refractivity contribution in [2.24, 2.45) is 0 Å². The topological polar surface area (TPSA) is 46.3 Å². The van der Waals surface area contributed by atoms with Crippen molar-refractivity contribution in [1.82, 2.24) is 9.88 Å². The SMILES string of the molecule is CCCCCCCCN(Cc1ccncc1)C(=O)c1ccco1. The highest BCUT2D eigenvalue weighted by atomic mass is 16.3. The Labute approximate surface area is 138 Å². The van der Waals surface area contributed by atoms with E-state index < -0.39 is 0 Å². The van der Waals surface area contributed by atoms with Gasteiger partial charge in [-0.15, -0.1) is 0 Å². The first-order valence-electron chi connectivity index (χ1n) is 8.53. The summed E-state index contributed by atoms with van der Waals surface area (Å²) in [6.45, 7) is 3.57. The summed E-state index contributed by atoms with van der Waals surface area (Å²) in [4.78, 5) is 18.5. The molecule has 0 aliphatic heterocycles. The van der Waals surface area contributed by atoms with Crippen LogP contribution < -0.4 is 0 Å². The van der Waals surface area contributed by atoms with Crippen LogP contribution in [0.1, 0.15) is 61.6 Å². The van der Waals surface area contributed by atoms with E-state index in [4.69, 9.17) is 4.42 Å². The van der Waals surface area contributed by atoms with Gasteiger partial charge >= 0.3 is 0 Å². The fraction of sp³-hybridized carbons (Fsp3) is 0.474. The zero-order valence-corrected chi connectivity index (χ0v) is 13.9. The summed E-state index contributed by atoms with van der Waals surface area (Å²) < 4.78 is 5.27. The van der Waals surface area contributed by atoms with Crippen molar-refractivity contribution in [3.8, 4) is 0 Å². The summed E-state index contributed by atoms with van der Waals surface area (Å²) >= 11 is 0. The fourth-order valence-electron chi connectivity index (χ4n) is 2.60. The molecule has 0 radical (unpaired) electrons. The van der Waals surface area contributed by atoms with Gasteiger partial charge < -0.3 is 9.32 Å².